The Bertz CT molecular complexity index is 600. The standard InChI is InChI=1S/C18H23N3O/c22-18(20-12-10-14-5-4-11-19-13-14)17-9-8-16(21-17)15-6-2-1-3-7-15/h1-3,6-9,14,19,21H,4-5,10-13H2,(H,20,22)/t14-/m1/s1. The second-order valence-corrected chi connectivity index (χ2v) is 5.91. The normalized spacial score (nSPS) is 18.1. The van der Waals surface area contributed by atoms with E-state index < -0.39 is 0 Å². The van der Waals surface area contributed by atoms with Gasteiger partial charge in [-0.1, -0.05) is 30.3 Å². The smallest absolute Gasteiger partial charge is 0.267 e. The molecule has 1 aromatic carbocycles. The highest BCUT2D eigenvalue weighted by molar-refractivity contribution is 5.93. The second kappa shape index (κ2) is 7.27. The number of aromatic amines is 1. The molecule has 0 radical (unpaired) electrons. The topological polar surface area (TPSA) is 56.9 Å². The molecule has 3 rings (SSSR count). The first-order valence-electron chi connectivity index (χ1n) is 8.06. The number of rotatable bonds is 5. The average molecular weight is 297 g/mol. The van der Waals surface area contributed by atoms with Crippen molar-refractivity contribution in [1.82, 2.24) is 15.6 Å². The molecular formula is C18H23N3O. The van der Waals surface area contributed by atoms with E-state index in [9.17, 15) is 4.79 Å². The van der Waals surface area contributed by atoms with Gasteiger partial charge in [-0.15, -0.1) is 0 Å². The van der Waals surface area contributed by atoms with Crippen LogP contribution in [-0.4, -0.2) is 30.5 Å². The van der Waals surface area contributed by atoms with E-state index in [1.54, 1.807) is 0 Å². The highest BCUT2D eigenvalue weighted by Crippen LogP contribution is 2.18. The molecule has 2 heterocycles. The summed E-state index contributed by atoms with van der Waals surface area (Å²) in [7, 11) is 0. The molecule has 1 aromatic heterocycles. The number of nitrogens with one attached hydrogen (secondary N) is 3. The molecule has 1 atom stereocenters. The van der Waals surface area contributed by atoms with Gasteiger partial charge >= 0.3 is 0 Å². The first-order chi connectivity index (χ1) is 10.8. The maximum absolute atomic E-state index is 12.2. The molecule has 0 unspecified atom stereocenters. The Morgan fingerprint density at radius 1 is 1.18 bits per heavy atom. The largest absolute Gasteiger partial charge is 0.351 e. The van der Waals surface area contributed by atoms with Crippen LogP contribution in [0.15, 0.2) is 42.5 Å². The van der Waals surface area contributed by atoms with Gasteiger partial charge in [-0.25, -0.2) is 0 Å². The molecule has 1 saturated heterocycles. The summed E-state index contributed by atoms with van der Waals surface area (Å²) >= 11 is 0. The number of aromatic nitrogens is 1. The zero-order chi connectivity index (χ0) is 15.2. The summed E-state index contributed by atoms with van der Waals surface area (Å²) in [5, 5.41) is 6.42. The van der Waals surface area contributed by atoms with Gasteiger partial charge in [0.2, 0.25) is 0 Å². The molecular weight excluding hydrogens is 274 g/mol. The van der Waals surface area contributed by atoms with Crippen molar-refractivity contribution < 1.29 is 4.79 Å². The molecule has 116 valence electrons. The van der Waals surface area contributed by atoms with E-state index in [0.29, 0.717) is 11.6 Å². The van der Waals surface area contributed by atoms with Crippen molar-refractivity contribution in [1.29, 1.82) is 0 Å². The van der Waals surface area contributed by atoms with Crippen LogP contribution in [0.5, 0.6) is 0 Å². The van der Waals surface area contributed by atoms with Gasteiger partial charge < -0.3 is 15.6 Å². The van der Waals surface area contributed by atoms with E-state index in [-0.39, 0.29) is 5.91 Å². The molecule has 3 N–H and O–H groups in total. The molecule has 2 aromatic rings. The van der Waals surface area contributed by atoms with Crippen LogP contribution in [0.4, 0.5) is 0 Å². The predicted octanol–water partition coefficient (Wildman–Crippen LogP) is 2.80. The van der Waals surface area contributed by atoms with Gasteiger partial charge in [0, 0.05) is 12.2 Å². The summed E-state index contributed by atoms with van der Waals surface area (Å²) in [6.45, 7) is 2.95. The van der Waals surface area contributed by atoms with Gasteiger partial charge in [-0.05, 0) is 56.0 Å². The fraction of sp³-hybridized carbons (Fsp3) is 0.389. The van der Waals surface area contributed by atoms with Crippen LogP contribution in [0, 0.1) is 5.92 Å². The first kappa shape index (κ1) is 14.9. The van der Waals surface area contributed by atoms with E-state index >= 15 is 0 Å². The van der Waals surface area contributed by atoms with Crippen molar-refractivity contribution in [3.63, 3.8) is 0 Å². The quantitative estimate of drug-likeness (QED) is 0.795. The van der Waals surface area contributed by atoms with E-state index in [4.69, 9.17) is 0 Å². The highest BCUT2D eigenvalue weighted by Gasteiger charge is 2.14. The third-order valence-corrected chi connectivity index (χ3v) is 4.25. The number of carbonyl (C=O) groups is 1. The Kier molecular flexibility index (Phi) is 4.91. The predicted molar refractivity (Wildman–Crippen MR) is 88.8 cm³/mol. The van der Waals surface area contributed by atoms with Crippen molar-refractivity contribution in [2.45, 2.75) is 19.3 Å². The van der Waals surface area contributed by atoms with Crippen LogP contribution >= 0.6 is 0 Å². The van der Waals surface area contributed by atoms with E-state index in [2.05, 4.69) is 15.6 Å². The van der Waals surface area contributed by atoms with Gasteiger partial charge in [0.05, 0.1) is 0 Å². The number of piperidine rings is 1. The highest BCUT2D eigenvalue weighted by atomic mass is 16.1. The molecule has 1 aliphatic rings. The Morgan fingerprint density at radius 3 is 2.82 bits per heavy atom. The Hall–Kier alpha value is -2.07. The van der Waals surface area contributed by atoms with Crippen LogP contribution in [0.3, 0.4) is 0 Å². The van der Waals surface area contributed by atoms with E-state index in [1.807, 2.05) is 42.5 Å². The molecule has 1 fully saturated rings. The molecule has 1 amide bonds. The monoisotopic (exact) mass is 297 g/mol. The van der Waals surface area contributed by atoms with E-state index in [0.717, 1.165) is 37.3 Å². The summed E-state index contributed by atoms with van der Waals surface area (Å²) in [4.78, 5) is 15.4. The summed E-state index contributed by atoms with van der Waals surface area (Å²) in [5.74, 6) is 0.670. The number of benzene rings is 1. The molecule has 0 spiro atoms. The summed E-state index contributed by atoms with van der Waals surface area (Å²) in [5.41, 5.74) is 2.69. The summed E-state index contributed by atoms with van der Waals surface area (Å²) in [6.07, 6.45) is 3.56. The zero-order valence-corrected chi connectivity index (χ0v) is 12.8. The third kappa shape index (κ3) is 3.77. The Morgan fingerprint density at radius 2 is 2.05 bits per heavy atom. The fourth-order valence-corrected chi connectivity index (χ4v) is 2.97. The fourth-order valence-electron chi connectivity index (χ4n) is 2.97. The lowest BCUT2D eigenvalue weighted by molar-refractivity contribution is 0.0946. The SMILES string of the molecule is O=C(NCC[C@H]1CCCNC1)c1ccc(-c2ccccc2)[nH]1. The maximum Gasteiger partial charge on any atom is 0.267 e. The number of amides is 1. The van der Waals surface area contributed by atoms with Gasteiger partial charge in [0.15, 0.2) is 0 Å². The second-order valence-electron chi connectivity index (χ2n) is 5.91. The number of H-pyrrole nitrogens is 1. The maximum atomic E-state index is 12.2. The zero-order valence-electron chi connectivity index (χ0n) is 12.8. The van der Waals surface area contributed by atoms with Crippen LogP contribution in [0.2, 0.25) is 0 Å². The minimum absolute atomic E-state index is 0.0223. The van der Waals surface area contributed by atoms with Crippen LogP contribution in [0.25, 0.3) is 11.3 Å². The minimum Gasteiger partial charge on any atom is -0.351 e. The average Bonchev–Trinajstić information content (AvgIpc) is 3.07. The Balaban J connectivity index is 1.51. The van der Waals surface area contributed by atoms with Crippen LogP contribution in [0.1, 0.15) is 29.8 Å². The van der Waals surface area contributed by atoms with Crippen molar-refractivity contribution in [3.05, 3.63) is 48.2 Å². The molecule has 4 nitrogen and oxygen atoms in total. The number of hydrogen-bond donors (Lipinski definition) is 3. The lowest BCUT2D eigenvalue weighted by atomic mass is 9.96. The molecule has 1 aliphatic heterocycles. The summed E-state index contributed by atoms with van der Waals surface area (Å²) in [6, 6.07) is 13.8. The van der Waals surface area contributed by atoms with Crippen molar-refractivity contribution >= 4 is 5.91 Å². The van der Waals surface area contributed by atoms with Crippen molar-refractivity contribution in [3.8, 4) is 11.3 Å². The molecule has 0 aliphatic carbocycles. The van der Waals surface area contributed by atoms with Gasteiger partial charge in [0.1, 0.15) is 5.69 Å². The molecule has 22 heavy (non-hydrogen) atoms. The molecule has 4 heteroatoms. The molecule has 0 saturated carbocycles. The van der Waals surface area contributed by atoms with Crippen LogP contribution in [-0.2, 0) is 0 Å². The lowest BCUT2D eigenvalue weighted by Gasteiger charge is -2.22. The minimum atomic E-state index is -0.0223. The van der Waals surface area contributed by atoms with Crippen molar-refractivity contribution in [2.24, 2.45) is 5.92 Å². The third-order valence-electron chi connectivity index (χ3n) is 4.25. The first-order valence-corrected chi connectivity index (χ1v) is 8.06. The van der Waals surface area contributed by atoms with Gasteiger partial charge in [-0.3, -0.25) is 4.79 Å². The Labute approximate surface area is 131 Å². The van der Waals surface area contributed by atoms with Crippen molar-refractivity contribution in [2.75, 3.05) is 19.6 Å². The molecule has 0 bridgehead atoms. The lowest BCUT2D eigenvalue weighted by Crippen LogP contribution is -2.33. The van der Waals surface area contributed by atoms with Gasteiger partial charge in [-0.2, -0.15) is 0 Å². The summed E-state index contributed by atoms with van der Waals surface area (Å²) < 4.78 is 0. The van der Waals surface area contributed by atoms with Gasteiger partial charge in [0.25, 0.3) is 5.91 Å². The number of hydrogen-bond acceptors (Lipinski definition) is 2. The van der Waals surface area contributed by atoms with Crippen LogP contribution < -0.4 is 10.6 Å². The number of carbonyl (C=O) groups excluding carboxylic acids is 1. The van der Waals surface area contributed by atoms with E-state index in [1.165, 1.54) is 12.8 Å².